The fourth-order valence-corrected chi connectivity index (χ4v) is 1.78. The highest BCUT2D eigenvalue weighted by molar-refractivity contribution is 5.94. The minimum absolute atomic E-state index is 0.00830. The molecule has 0 aliphatic carbocycles. The summed E-state index contributed by atoms with van der Waals surface area (Å²) < 4.78 is 28.3. The van der Waals surface area contributed by atoms with E-state index in [9.17, 15) is 13.6 Å². The van der Waals surface area contributed by atoms with Crippen LogP contribution in [0.1, 0.15) is 30.6 Å². The summed E-state index contributed by atoms with van der Waals surface area (Å²) >= 11 is 0. The minimum Gasteiger partial charge on any atom is -0.435 e. The summed E-state index contributed by atoms with van der Waals surface area (Å²) in [5.41, 5.74) is 0.401. The van der Waals surface area contributed by atoms with E-state index in [-0.39, 0.29) is 24.3 Å². The highest BCUT2D eigenvalue weighted by Crippen LogP contribution is 2.17. The summed E-state index contributed by atoms with van der Waals surface area (Å²) in [5.74, 6) is -0.181. The van der Waals surface area contributed by atoms with Crippen LogP contribution in [0.3, 0.4) is 0 Å². The second kappa shape index (κ2) is 7.79. The van der Waals surface area contributed by atoms with Gasteiger partial charge in [0.1, 0.15) is 5.75 Å². The first-order valence-electron chi connectivity index (χ1n) is 6.42. The van der Waals surface area contributed by atoms with E-state index in [0.717, 1.165) is 0 Å². The Morgan fingerprint density at radius 2 is 1.90 bits per heavy atom. The predicted molar refractivity (Wildman–Crippen MR) is 70.9 cm³/mol. The molecule has 20 heavy (non-hydrogen) atoms. The van der Waals surface area contributed by atoms with E-state index in [1.54, 1.807) is 4.90 Å². The van der Waals surface area contributed by atoms with Gasteiger partial charge in [-0.1, -0.05) is 0 Å². The molecule has 0 spiro atoms. The molecule has 0 radical (unpaired) electrons. The number of hydrogen-bond donors (Lipinski definition) is 1. The smallest absolute Gasteiger partial charge is 0.387 e. The van der Waals surface area contributed by atoms with Crippen molar-refractivity contribution in [2.45, 2.75) is 32.9 Å². The van der Waals surface area contributed by atoms with Crippen LogP contribution in [0.4, 0.5) is 8.78 Å². The Balaban J connectivity index is 2.78. The van der Waals surface area contributed by atoms with E-state index < -0.39 is 6.61 Å². The van der Waals surface area contributed by atoms with Gasteiger partial charge in [0.05, 0.1) is 0 Å². The van der Waals surface area contributed by atoms with Gasteiger partial charge in [0.25, 0.3) is 5.91 Å². The third-order valence-corrected chi connectivity index (χ3v) is 2.77. The van der Waals surface area contributed by atoms with Gasteiger partial charge in [-0.15, -0.1) is 0 Å². The van der Waals surface area contributed by atoms with Gasteiger partial charge in [-0.2, -0.15) is 8.78 Å². The number of nitrogens with zero attached hydrogens (tertiary/aromatic N) is 1. The molecule has 0 unspecified atom stereocenters. The van der Waals surface area contributed by atoms with Crippen LogP contribution in [0.15, 0.2) is 24.3 Å². The van der Waals surface area contributed by atoms with E-state index in [1.807, 2.05) is 13.8 Å². The lowest BCUT2D eigenvalue weighted by molar-refractivity contribution is -0.0498. The summed E-state index contributed by atoms with van der Waals surface area (Å²) in [6.07, 6.45) is 0.497. The maximum Gasteiger partial charge on any atom is 0.387 e. The first-order valence-corrected chi connectivity index (χ1v) is 6.42. The van der Waals surface area contributed by atoms with Crippen molar-refractivity contribution in [3.05, 3.63) is 29.8 Å². The van der Waals surface area contributed by atoms with Crippen LogP contribution in [-0.4, -0.2) is 41.7 Å². The zero-order valence-electron chi connectivity index (χ0n) is 11.6. The molecule has 6 heteroatoms. The lowest BCUT2D eigenvalue weighted by atomic mass is 10.1. The van der Waals surface area contributed by atoms with Crippen LogP contribution in [-0.2, 0) is 0 Å². The quantitative estimate of drug-likeness (QED) is 0.838. The lowest BCUT2D eigenvalue weighted by Crippen LogP contribution is -2.38. The summed E-state index contributed by atoms with van der Waals surface area (Å²) in [5, 5.41) is 8.84. The number of amides is 1. The summed E-state index contributed by atoms with van der Waals surface area (Å²) in [4.78, 5) is 13.9. The molecule has 0 aromatic heterocycles. The molecule has 1 aromatic carbocycles. The van der Waals surface area contributed by atoms with Crippen LogP contribution in [0.5, 0.6) is 5.75 Å². The van der Waals surface area contributed by atoms with Crippen LogP contribution in [0.25, 0.3) is 0 Å². The number of alkyl halides is 2. The maximum absolute atomic E-state index is 12.3. The van der Waals surface area contributed by atoms with Gasteiger partial charge >= 0.3 is 6.61 Å². The summed E-state index contributed by atoms with van der Waals surface area (Å²) in [6.45, 7) is 1.33. The Morgan fingerprint density at radius 1 is 1.30 bits per heavy atom. The molecule has 1 rings (SSSR count). The van der Waals surface area contributed by atoms with Gasteiger partial charge in [0.2, 0.25) is 0 Å². The highest BCUT2D eigenvalue weighted by Gasteiger charge is 2.18. The Labute approximate surface area is 117 Å². The fourth-order valence-electron chi connectivity index (χ4n) is 1.78. The van der Waals surface area contributed by atoms with Gasteiger partial charge in [-0.05, 0) is 44.5 Å². The summed E-state index contributed by atoms with van der Waals surface area (Å²) in [7, 11) is 0. The number of benzene rings is 1. The Morgan fingerprint density at radius 3 is 2.35 bits per heavy atom. The number of hydrogen-bond acceptors (Lipinski definition) is 3. The lowest BCUT2D eigenvalue weighted by Gasteiger charge is -2.26. The monoisotopic (exact) mass is 287 g/mol. The molecule has 0 fully saturated rings. The molecule has 1 amide bonds. The number of rotatable bonds is 7. The van der Waals surface area contributed by atoms with Crippen molar-refractivity contribution in [2.75, 3.05) is 13.2 Å². The van der Waals surface area contributed by atoms with Crippen molar-refractivity contribution in [3.8, 4) is 5.75 Å². The zero-order chi connectivity index (χ0) is 15.1. The third kappa shape index (κ3) is 4.77. The maximum atomic E-state index is 12.3. The minimum atomic E-state index is -2.88. The summed E-state index contributed by atoms with van der Waals surface area (Å²) in [6, 6.07) is 5.57. The molecule has 1 N–H and O–H groups in total. The normalized spacial score (nSPS) is 10.9. The molecule has 0 aliphatic heterocycles. The zero-order valence-corrected chi connectivity index (χ0v) is 11.6. The Kier molecular flexibility index (Phi) is 6.38. The first kappa shape index (κ1) is 16.4. The average Bonchev–Trinajstić information content (AvgIpc) is 2.38. The number of aliphatic hydroxyl groups is 1. The largest absolute Gasteiger partial charge is 0.435 e. The number of carbonyl (C=O) groups excluding carboxylic acids is 1. The molecule has 0 bridgehead atoms. The Hall–Kier alpha value is -1.69. The van der Waals surface area contributed by atoms with Crippen molar-refractivity contribution in [1.29, 1.82) is 0 Å². The first-order chi connectivity index (χ1) is 9.45. The standard InChI is InChI=1S/C14H19F2NO3/c1-10(2)17(8-3-9-18)13(19)11-4-6-12(7-5-11)20-14(15)16/h4-7,10,14,18H,3,8-9H2,1-2H3. The molecule has 0 heterocycles. The number of carbonyl (C=O) groups is 1. The molecule has 0 saturated heterocycles. The molecular formula is C14H19F2NO3. The number of ether oxygens (including phenoxy) is 1. The van der Waals surface area contributed by atoms with Gasteiger partial charge in [-0.3, -0.25) is 4.79 Å². The van der Waals surface area contributed by atoms with E-state index in [0.29, 0.717) is 18.5 Å². The Bertz CT molecular complexity index is 421. The molecule has 0 aliphatic rings. The van der Waals surface area contributed by atoms with Crippen LogP contribution in [0.2, 0.25) is 0 Å². The van der Waals surface area contributed by atoms with E-state index in [4.69, 9.17) is 5.11 Å². The van der Waals surface area contributed by atoms with E-state index in [2.05, 4.69) is 4.74 Å². The van der Waals surface area contributed by atoms with Crippen molar-refractivity contribution >= 4 is 5.91 Å². The van der Waals surface area contributed by atoms with E-state index >= 15 is 0 Å². The molecule has 112 valence electrons. The number of halogens is 2. The van der Waals surface area contributed by atoms with Gasteiger partial charge in [-0.25, -0.2) is 0 Å². The van der Waals surface area contributed by atoms with Gasteiger partial charge in [0, 0.05) is 24.8 Å². The van der Waals surface area contributed by atoms with Crippen molar-refractivity contribution in [3.63, 3.8) is 0 Å². The third-order valence-electron chi connectivity index (χ3n) is 2.77. The van der Waals surface area contributed by atoms with Gasteiger partial charge < -0.3 is 14.7 Å². The topological polar surface area (TPSA) is 49.8 Å². The van der Waals surface area contributed by atoms with Crippen molar-refractivity contribution in [1.82, 2.24) is 4.90 Å². The van der Waals surface area contributed by atoms with Crippen molar-refractivity contribution < 1.29 is 23.4 Å². The van der Waals surface area contributed by atoms with E-state index in [1.165, 1.54) is 24.3 Å². The number of aliphatic hydroxyl groups excluding tert-OH is 1. The van der Waals surface area contributed by atoms with Crippen molar-refractivity contribution in [2.24, 2.45) is 0 Å². The molecule has 0 saturated carbocycles. The highest BCUT2D eigenvalue weighted by atomic mass is 19.3. The molecule has 4 nitrogen and oxygen atoms in total. The van der Waals surface area contributed by atoms with Crippen LogP contribution >= 0.6 is 0 Å². The van der Waals surface area contributed by atoms with Gasteiger partial charge in [0.15, 0.2) is 0 Å². The SMILES string of the molecule is CC(C)N(CCCO)C(=O)c1ccc(OC(F)F)cc1. The predicted octanol–water partition coefficient (Wildman–Crippen LogP) is 2.52. The molecule has 0 atom stereocenters. The molecule has 1 aromatic rings. The molecular weight excluding hydrogens is 268 g/mol. The second-order valence-corrected chi connectivity index (χ2v) is 4.57. The second-order valence-electron chi connectivity index (χ2n) is 4.57. The fraction of sp³-hybridized carbons (Fsp3) is 0.500. The van der Waals surface area contributed by atoms with Crippen LogP contribution in [0, 0.1) is 0 Å². The average molecular weight is 287 g/mol. The van der Waals surface area contributed by atoms with Crippen LogP contribution < -0.4 is 4.74 Å².